The van der Waals surface area contributed by atoms with Gasteiger partial charge >= 0.3 is 0 Å². The van der Waals surface area contributed by atoms with Gasteiger partial charge in [-0.05, 0) is 43.9 Å². The van der Waals surface area contributed by atoms with Crippen LogP contribution in [0, 0.1) is 5.92 Å². The highest BCUT2D eigenvalue weighted by Gasteiger charge is 2.35. The molecule has 1 aliphatic heterocycles. The van der Waals surface area contributed by atoms with E-state index >= 15 is 0 Å². The van der Waals surface area contributed by atoms with Crippen molar-refractivity contribution in [3.63, 3.8) is 0 Å². The number of rotatable bonds is 2. The average Bonchev–Trinajstić information content (AvgIpc) is 2.73. The van der Waals surface area contributed by atoms with Crippen LogP contribution < -0.4 is 0 Å². The van der Waals surface area contributed by atoms with Gasteiger partial charge in [0.1, 0.15) is 5.15 Å². The van der Waals surface area contributed by atoms with E-state index in [0.717, 1.165) is 24.2 Å². The molecule has 1 aliphatic carbocycles. The van der Waals surface area contributed by atoms with E-state index in [4.69, 9.17) is 11.6 Å². The Balaban J connectivity index is 1.69. The molecule has 92 valence electrons. The van der Waals surface area contributed by atoms with E-state index in [1.165, 1.54) is 38.6 Å². The van der Waals surface area contributed by atoms with Gasteiger partial charge in [0.25, 0.3) is 0 Å². The molecule has 0 aromatic carbocycles. The van der Waals surface area contributed by atoms with Crippen LogP contribution in [-0.4, -0.2) is 22.5 Å². The van der Waals surface area contributed by atoms with Crippen LogP contribution in [-0.2, 0) is 6.54 Å². The van der Waals surface area contributed by atoms with Gasteiger partial charge in [0.05, 0.1) is 5.69 Å². The summed E-state index contributed by atoms with van der Waals surface area (Å²) in [6, 6.07) is 6.74. The Morgan fingerprint density at radius 2 is 2.12 bits per heavy atom. The Kier molecular flexibility index (Phi) is 3.34. The standard InChI is InChI=1S/C14H19ClN2/c15-14-7-3-5-12(16-14)10-17-9-8-11-4-1-2-6-13(11)17/h3,5,7,11,13H,1-2,4,6,8-10H2. The number of hydrogen-bond donors (Lipinski definition) is 0. The predicted octanol–water partition coefficient (Wildman–Crippen LogP) is 3.50. The zero-order chi connectivity index (χ0) is 11.7. The highest BCUT2D eigenvalue weighted by Crippen LogP contribution is 2.36. The topological polar surface area (TPSA) is 16.1 Å². The molecular formula is C14H19ClN2. The Morgan fingerprint density at radius 1 is 1.24 bits per heavy atom. The van der Waals surface area contributed by atoms with E-state index in [9.17, 15) is 0 Å². The van der Waals surface area contributed by atoms with Crippen molar-refractivity contribution in [3.8, 4) is 0 Å². The molecule has 0 radical (unpaired) electrons. The van der Waals surface area contributed by atoms with Gasteiger partial charge in [0, 0.05) is 12.6 Å². The smallest absolute Gasteiger partial charge is 0.129 e. The van der Waals surface area contributed by atoms with Crippen LogP contribution in [0.4, 0.5) is 0 Å². The number of hydrogen-bond acceptors (Lipinski definition) is 2. The lowest BCUT2D eigenvalue weighted by Gasteiger charge is -2.31. The van der Waals surface area contributed by atoms with E-state index < -0.39 is 0 Å². The fourth-order valence-electron chi connectivity index (χ4n) is 3.45. The first-order chi connectivity index (χ1) is 8.33. The van der Waals surface area contributed by atoms with E-state index in [2.05, 4.69) is 16.0 Å². The van der Waals surface area contributed by atoms with Crippen molar-refractivity contribution in [3.05, 3.63) is 29.0 Å². The van der Waals surface area contributed by atoms with E-state index in [1.807, 2.05) is 12.1 Å². The highest BCUT2D eigenvalue weighted by atomic mass is 35.5. The lowest BCUT2D eigenvalue weighted by molar-refractivity contribution is 0.174. The molecule has 17 heavy (non-hydrogen) atoms. The molecule has 3 heteroatoms. The summed E-state index contributed by atoms with van der Waals surface area (Å²) in [7, 11) is 0. The summed E-state index contributed by atoms with van der Waals surface area (Å²) < 4.78 is 0. The van der Waals surface area contributed by atoms with Gasteiger partial charge in [0.2, 0.25) is 0 Å². The number of aromatic nitrogens is 1. The normalized spacial score (nSPS) is 29.2. The molecule has 1 saturated carbocycles. The Bertz CT molecular complexity index is 394. The number of pyridine rings is 1. The monoisotopic (exact) mass is 250 g/mol. The number of halogens is 1. The zero-order valence-corrected chi connectivity index (χ0v) is 10.9. The molecule has 3 rings (SSSR count). The minimum absolute atomic E-state index is 0.613. The molecule has 2 heterocycles. The molecule has 2 atom stereocenters. The predicted molar refractivity (Wildman–Crippen MR) is 70.0 cm³/mol. The second-order valence-electron chi connectivity index (χ2n) is 5.32. The maximum absolute atomic E-state index is 5.94. The van der Waals surface area contributed by atoms with Crippen molar-refractivity contribution in [2.24, 2.45) is 5.92 Å². The van der Waals surface area contributed by atoms with Crippen LogP contribution in [0.5, 0.6) is 0 Å². The lowest BCUT2D eigenvalue weighted by atomic mass is 9.85. The summed E-state index contributed by atoms with van der Waals surface area (Å²) in [6.45, 7) is 2.21. The first kappa shape index (κ1) is 11.5. The summed E-state index contributed by atoms with van der Waals surface area (Å²) in [5, 5.41) is 0.613. The summed E-state index contributed by atoms with van der Waals surface area (Å²) in [6.07, 6.45) is 7.03. The van der Waals surface area contributed by atoms with Gasteiger partial charge in [-0.15, -0.1) is 0 Å². The molecule has 2 aliphatic rings. The molecule has 2 nitrogen and oxygen atoms in total. The van der Waals surface area contributed by atoms with Crippen molar-refractivity contribution in [2.75, 3.05) is 6.54 Å². The molecular weight excluding hydrogens is 232 g/mol. The van der Waals surface area contributed by atoms with E-state index in [1.54, 1.807) is 0 Å². The van der Waals surface area contributed by atoms with Gasteiger partial charge in [-0.2, -0.15) is 0 Å². The maximum atomic E-state index is 5.94. The first-order valence-electron chi connectivity index (χ1n) is 6.68. The number of fused-ring (bicyclic) bond motifs is 1. The number of likely N-dealkylation sites (tertiary alicyclic amines) is 1. The quantitative estimate of drug-likeness (QED) is 0.747. The van der Waals surface area contributed by atoms with Crippen LogP contribution in [0.25, 0.3) is 0 Å². The molecule has 2 unspecified atom stereocenters. The minimum atomic E-state index is 0.613. The van der Waals surface area contributed by atoms with Gasteiger partial charge in [-0.1, -0.05) is 30.5 Å². The van der Waals surface area contributed by atoms with Gasteiger partial charge in [0.15, 0.2) is 0 Å². The van der Waals surface area contributed by atoms with E-state index in [0.29, 0.717) is 5.15 Å². The van der Waals surface area contributed by atoms with Crippen LogP contribution in [0.15, 0.2) is 18.2 Å². The first-order valence-corrected chi connectivity index (χ1v) is 7.06. The largest absolute Gasteiger partial charge is 0.294 e. The Morgan fingerprint density at radius 3 is 3.00 bits per heavy atom. The zero-order valence-electron chi connectivity index (χ0n) is 10.1. The SMILES string of the molecule is Clc1cccc(CN2CCC3CCCCC32)n1. The molecule has 0 bridgehead atoms. The molecule has 1 saturated heterocycles. The Labute approximate surface area is 108 Å². The fourth-order valence-corrected chi connectivity index (χ4v) is 3.63. The molecule has 0 spiro atoms. The third-order valence-electron chi connectivity index (χ3n) is 4.26. The molecule has 1 aromatic heterocycles. The summed E-state index contributed by atoms with van der Waals surface area (Å²) in [4.78, 5) is 7.01. The maximum Gasteiger partial charge on any atom is 0.129 e. The summed E-state index contributed by atoms with van der Waals surface area (Å²) in [5.74, 6) is 0.947. The van der Waals surface area contributed by atoms with Crippen molar-refractivity contribution in [1.82, 2.24) is 9.88 Å². The summed E-state index contributed by atoms with van der Waals surface area (Å²) in [5.41, 5.74) is 1.11. The third-order valence-corrected chi connectivity index (χ3v) is 4.47. The van der Waals surface area contributed by atoms with Crippen molar-refractivity contribution >= 4 is 11.6 Å². The molecule has 0 N–H and O–H groups in total. The van der Waals surface area contributed by atoms with Crippen LogP contribution in [0.1, 0.15) is 37.8 Å². The second kappa shape index (κ2) is 4.95. The Hall–Kier alpha value is -0.600. The molecule has 2 fully saturated rings. The van der Waals surface area contributed by atoms with Crippen LogP contribution in [0.3, 0.4) is 0 Å². The fraction of sp³-hybridized carbons (Fsp3) is 0.643. The van der Waals surface area contributed by atoms with Gasteiger partial charge < -0.3 is 0 Å². The van der Waals surface area contributed by atoms with Crippen molar-refractivity contribution in [2.45, 2.75) is 44.7 Å². The lowest BCUT2D eigenvalue weighted by Crippen LogP contribution is -2.34. The van der Waals surface area contributed by atoms with Crippen LogP contribution >= 0.6 is 11.6 Å². The third kappa shape index (κ3) is 2.48. The average molecular weight is 251 g/mol. The minimum Gasteiger partial charge on any atom is -0.294 e. The van der Waals surface area contributed by atoms with Crippen LogP contribution in [0.2, 0.25) is 5.15 Å². The molecule has 0 amide bonds. The second-order valence-corrected chi connectivity index (χ2v) is 5.71. The van der Waals surface area contributed by atoms with Crippen molar-refractivity contribution in [1.29, 1.82) is 0 Å². The summed E-state index contributed by atoms with van der Waals surface area (Å²) >= 11 is 5.94. The molecule has 1 aromatic rings. The van der Waals surface area contributed by atoms with Gasteiger partial charge in [-0.25, -0.2) is 4.98 Å². The van der Waals surface area contributed by atoms with Crippen molar-refractivity contribution < 1.29 is 0 Å². The number of nitrogens with zero attached hydrogens (tertiary/aromatic N) is 2. The van der Waals surface area contributed by atoms with E-state index in [-0.39, 0.29) is 0 Å². The van der Waals surface area contributed by atoms with Gasteiger partial charge in [-0.3, -0.25) is 4.90 Å². The highest BCUT2D eigenvalue weighted by molar-refractivity contribution is 6.29.